The van der Waals surface area contributed by atoms with Crippen molar-refractivity contribution < 1.29 is 27.1 Å². The molecule has 1 saturated carbocycles. The van der Waals surface area contributed by atoms with E-state index in [-0.39, 0.29) is 29.1 Å². The van der Waals surface area contributed by atoms with Crippen LogP contribution in [0.1, 0.15) is 37.7 Å². The number of para-hydroxylation sites is 1. The maximum absolute atomic E-state index is 14.5. The Morgan fingerprint density at radius 1 is 0.925 bits per heavy atom. The zero-order valence-corrected chi connectivity index (χ0v) is 22.6. The number of hydrogen-bond donors (Lipinski definition) is 2. The minimum Gasteiger partial charge on any atom is -0.484 e. The van der Waals surface area contributed by atoms with E-state index in [1.54, 1.807) is 42.5 Å². The van der Waals surface area contributed by atoms with Gasteiger partial charge in [-0.25, -0.2) is 18.2 Å². The van der Waals surface area contributed by atoms with E-state index in [0.29, 0.717) is 15.6 Å². The standard InChI is InChI=1S/C29H31FN4O5S/c30-26-13-7-8-14-27(26)34(40(37,38)25-11-5-2-6-12-25)20-28(35)33-31-19-22-15-17-24(18-16-22)39-21-29(36)32-23-9-3-1-4-10-23/h2,5-8,11-19,23H,1,3-4,9-10,20-21H2,(H,32,36)(H,33,35)/b31-19-. The van der Waals surface area contributed by atoms with Crippen molar-refractivity contribution in [1.29, 1.82) is 0 Å². The second kappa shape index (κ2) is 13.7. The highest BCUT2D eigenvalue weighted by atomic mass is 32.2. The average Bonchev–Trinajstić information content (AvgIpc) is 2.97. The van der Waals surface area contributed by atoms with Crippen LogP contribution in [0.3, 0.4) is 0 Å². The topological polar surface area (TPSA) is 117 Å². The number of anilines is 1. The number of hydrazone groups is 1. The van der Waals surface area contributed by atoms with E-state index < -0.39 is 28.3 Å². The largest absolute Gasteiger partial charge is 0.484 e. The van der Waals surface area contributed by atoms with Crippen LogP contribution in [0, 0.1) is 5.82 Å². The molecule has 1 fully saturated rings. The third-order valence-corrected chi connectivity index (χ3v) is 8.14. The molecule has 0 aliphatic heterocycles. The van der Waals surface area contributed by atoms with Crippen LogP contribution >= 0.6 is 0 Å². The molecule has 1 aliphatic carbocycles. The molecule has 2 amide bonds. The molecule has 2 N–H and O–H groups in total. The Hall–Kier alpha value is -4.25. The fourth-order valence-corrected chi connectivity index (χ4v) is 5.78. The summed E-state index contributed by atoms with van der Waals surface area (Å²) in [6.07, 6.45) is 6.85. The first-order valence-corrected chi connectivity index (χ1v) is 14.4. The highest BCUT2D eigenvalue weighted by molar-refractivity contribution is 7.92. The lowest BCUT2D eigenvalue weighted by Crippen LogP contribution is -2.40. The van der Waals surface area contributed by atoms with Gasteiger partial charge in [0.1, 0.15) is 18.1 Å². The molecule has 0 saturated heterocycles. The van der Waals surface area contributed by atoms with Gasteiger partial charge in [0.2, 0.25) is 0 Å². The van der Waals surface area contributed by atoms with Crippen LogP contribution < -0.4 is 19.8 Å². The van der Waals surface area contributed by atoms with Crippen molar-refractivity contribution in [3.63, 3.8) is 0 Å². The number of ether oxygens (including phenoxy) is 1. The van der Waals surface area contributed by atoms with Crippen molar-refractivity contribution in [2.75, 3.05) is 17.5 Å². The fourth-order valence-electron chi connectivity index (χ4n) is 4.33. The Morgan fingerprint density at radius 3 is 2.30 bits per heavy atom. The molecule has 0 atom stereocenters. The van der Waals surface area contributed by atoms with Crippen molar-refractivity contribution in [3.8, 4) is 5.75 Å². The van der Waals surface area contributed by atoms with Gasteiger partial charge >= 0.3 is 0 Å². The Balaban J connectivity index is 1.33. The molecular weight excluding hydrogens is 535 g/mol. The van der Waals surface area contributed by atoms with E-state index in [9.17, 15) is 22.4 Å². The average molecular weight is 567 g/mol. The molecule has 40 heavy (non-hydrogen) atoms. The third kappa shape index (κ3) is 7.89. The zero-order valence-electron chi connectivity index (χ0n) is 21.8. The smallest absolute Gasteiger partial charge is 0.264 e. The maximum atomic E-state index is 14.5. The number of carbonyl (C=O) groups excluding carboxylic acids is 2. The normalized spacial score (nSPS) is 14.0. The number of sulfonamides is 1. The number of carbonyl (C=O) groups is 2. The number of benzene rings is 3. The van der Waals surface area contributed by atoms with Crippen LogP contribution in [0.2, 0.25) is 0 Å². The second-order valence-corrected chi connectivity index (χ2v) is 11.2. The summed E-state index contributed by atoms with van der Waals surface area (Å²) in [5, 5.41) is 6.89. The quantitative estimate of drug-likeness (QED) is 0.269. The van der Waals surface area contributed by atoms with E-state index >= 15 is 0 Å². The summed E-state index contributed by atoms with van der Waals surface area (Å²) in [5.74, 6) is -1.19. The summed E-state index contributed by atoms with van der Waals surface area (Å²) in [6, 6.07) is 19.7. The second-order valence-electron chi connectivity index (χ2n) is 9.33. The number of hydrogen-bond acceptors (Lipinski definition) is 6. The van der Waals surface area contributed by atoms with E-state index in [1.165, 1.54) is 43.0 Å². The summed E-state index contributed by atoms with van der Waals surface area (Å²) in [5.41, 5.74) is 2.66. The summed E-state index contributed by atoms with van der Waals surface area (Å²) < 4.78 is 47.3. The molecular formula is C29H31FN4O5S. The number of nitrogens with one attached hydrogen (secondary N) is 2. The van der Waals surface area contributed by atoms with E-state index in [4.69, 9.17) is 4.74 Å². The van der Waals surface area contributed by atoms with E-state index in [1.807, 2.05) is 0 Å². The Morgan fingerprint density at radius 2 is 1.60 bits per heavy atom. The van der Waals surface area contributed by atoms with Gasteiger partial charge in [-0.05, 0) is 66.9 Å². The molecule has 0 heterocycles. The first kappa shape index (κ1) is 28.8. The van der Waals surface area contributed by atoms with Gasteiger partial charge < -0.3 is 10.1 Å². The lowest BCUT2D eigenvalue weighted by Gasteiger charge is -2.24. The number of amides is 2. The van der Waals surface area contributed by atoms with Crippen LogP contribution in [0.15, 0.2) is 88.9 Å². The molecule has 9 nitrogen and oxygen atoms in total. The van der Waals surface area contributed by atoms with Crippen molar-refractivity contribution in [2.45, 2.75) is 43.0 Å². The lowest BCUT2D eigenvalue weighted by atomic mass is 9.95. The molecule has 0 bridgehead atoms. The molecule has 0 spiro atoms. The van der Waals surface area contributed by atoms with Crippen LogP contribution in [-0.4, -0.2) is 45.6 Å². The molecule has 0 aromatic heterocycles. The first-order chi connectivity index (χ1) is 19.3. The van der Waals surface area contributed by atoms with Gasteiger partial charge in [-0.2, -0.15) is 5.10 Å². The van der Waals surface area contributed by atoms with Gasteiger partial charge in [-0.15, -0.1) is 0 Å². The lowest BCUT2D eigenvalue weighted by molar-refractivity contribution is -0.124. The summed E-state index contributed by atoms with van der Waals surface area (Å²) >= 11 is 0. The predicted molar refractivity (Wildman–Crippen MR) is 150 cm³/mol. The van der Waals surface area contributed by atoms with Crippen LogP contribution in [0.25, 0.3) is 0 Å². The highest BCUT2D eigenvalue weighted by Crippen LogP contribution is 2.26. The molecule has 0 unspecified atom stereocenters. The monoisotopic (exact) mass is 566 g/mol. The van der Waals surface area contributed by atoms with Gasteiger partial charge in [0.15, 0.2) is 6.61 Å². The number of nitrogens with zero attached hydrogens (tertiary/aromatic N) is 2. The van der Waals surface area contributed by atoms with Crippen LogP contribution in [-0.2, 0) is 19.6 Å². The van der Waals surface area contributed by atoms with Crippen molar-refractivity contribution in [1.82, 2.24) is 10.7 Å². The van der Waals surface area contributed by atoms with Gasteiger partial charge in [0.25, 0.3) is 21.8 Å². The van der Waals surface area contributed by atoms with E-state index in [0.717, 1.165) is 31.7 Å². The Bertz CT molecular complexity index is 1430. The maximum Gasteiger partial charge on any atom is 0.264 e. The van der Waals surface area contributed by atoms with Crippen molar-refractivity contribution in [3.05, 3.63) is 90.2 Å². The van der Waals surface area contributed by atoms with Gasteiger partial charge in [-0.3, -0.25) is 13.9 Å². The Kier molecular flexibility index (Phi) is 9.85. The summed E-state index contributed by atoms with van der Waals surface area (Å²) in [7, 11) is -4.24. The highest BCUT2D eigenvalue weighted by Gasteiger charge is 2.29. The molecule has 3 aromatic carbocycles. The van der Waals surface area contributed by atoms with Gasteiger partial charge in [0, 0.05) is 6.04 Å². The Labute approximate surface area is 233 Å². The fraction of sp³-hybridized carbons (Fsp3) is 0.276. The molecule has 4 rings (SSSR count). The van der Waals surface area contributed by atoms with Gasteiger partial charge in [0.05, 0.1) is 16.8 Å². The van der Waals surface area contributed by atoms with Crippen LogP contribution in [0.5, 0.6) is 5.75 Å². The van der Waals surface area contributed by atoms with Crippen LogP contribution in [0.4, 0.5) is 10.1 Å². The summed E-state index contributed by atoms with van der Waals surface area (Å²) in [4.78, 5) is 24.7. The van der Waals surface area contributed by atoms with Crippen molar-refractivity contribution >= 4 is 33.7 Å². The third-order valence-electron chi connectivity index (χ3n) is 6.36. The minimum atomic E-state index is -4.24. The zero-order chi connectivity index (χ0) is 28.4. The summed E-state index contributed by atoms with van der Waals surface area (Å²) in [6.45, 7) is -0.768. The van der Waals surface area contributed by atoms with Gasteiger partial charge in [-0.1, -0.05) is 49.6 Å². The molecule has 210 valence electrons. The van der Waals surface area contributed by atoms with E-state index in [2.05, 4.69) is 15.8 Å². The van der Waals surface area contributed by atoms with Crippen molar-refractivity contribution in [2.24, 2.45) is 5.10 Å². The molecule has 11 heteroatoms. The SMILES string of the molecule is O=C(CN(c1ccccc1F)S(=O)(=O)c1ccccc1)N/N=C\c1ccc(OCC(=O)NC2CCCCC2)cc1. The minimum absolute atomic E-state index is 0.0790. The number of rotatable bonds is 11. The molecule has 1 aliphatic rings. The number of halogens is 1. The predicted octanol–water partition coefficient (Wildman–Crippen LogP) is 4.00. The first-order valence-electron chi connectivity index (χ1n) is 13.0. The molecule has 3 aromatic rings. The molecule has 0 radical (unpaired) electrons.